The van der Waals surface area contributed by atoms with Crippen LogP contribution in [0.4, 0.5) is 17.3 Å². The molecule has 7 heteroatoms. The normalized spacial score (nSPS) is 37.9. The van der Waals surface area contributed by atoms with E-state index in [1.165, 1.54) is 0 Å². The van der Waals surface area contributed by atoms with Crippen molar-refractivity contribution < 1.29 is 4.92 Å². The van der Waals surface area contributed by atoms with Gasteiger partial charge >= 0.3 is 5.69 Å². The standard InChI is InChI=1S/C24H37N5O2/c1-21(2)7-16-9-23(5,11-21)13-27(16)19-18(29(30)31)20(26-15-25-19)28-14-24(6)10-17(28)8-22(3,4)12-24/h15-17H,7-14H2,1-6H3. The summed E-state index contributed by atoms with van der Waals surface area (Å²) in [5.41, 5.74) is 0.998. The van der Waals surface area contributed by atoms with Crippen LogP contribution in [-0.2, 0) is 0 Å². The molecule has 0 amide bonds. The Morgan fingerprint density at radius 1 is 0.839 bits per heavy atom. The van der Waals surface area contributed by atoms with E-state index in [4.69, 9.17) is 0 Å². The Bertz CT molecular complexity index is 866. The van der Waals surface area contributed by atoms with Gasteiger partial charge in [0.25, 0.3) is 0 Å². The van der Waals surface area contributed by atoms with E-state index < -0.39 is 0 Å². The van der Waals surface area contributed by atoms with Crippen molar-refractivity contribution in [1.29, 1.82) is 0 Å². The molecular weight excluding hydrogens is 390 g/mol. The Morgan fingerprint density at radius 2 is 1.26 bits per heavy atom. The van der Waals surface area contributed by atoms with Gasteiger partial charge in [0.1, 0.15) is 6.33 Å². The molecule has 2 saturated carbocycles. The predicted molar refractivity (Wildman–Crippen MR) is 122 cm³/mol. The van der Waals surface area contributed by atoms with E-state index >= 15 is 0 Å². The third kappa shape index (κ3) is 3.48. The molecule has 0 aromatic carbocycles. The lowest BCUT2D eigenvalue weighted by atomic mass is 9.65. The number of hydrogen-bond donors (Lipinski definition) is 0. The maximum absolute atomic E-state index is 12.4. The molecule has 7 nitrogen and oxygen atoms in total. The summed E-state index contributed by atoms with van der Waals surface area (Å²) in [5.74, 6) is 1.07. The molecule has 1 aromatic heterocycles. The minimum atomic E-state index is -0.226. The fourth-order valence-corrected chi connectivity index (χ4v) is 8.36. The van der Waals surface area contributed by atoms with Crippen molar-refractivity contribution in [3.63, 3.8) is 0 Å². The van der Waals surface area contributed by atoms with E-state index in [9.17, 15) is 10.1 Å². The van der Waals surface area contributed by atoms with Crippen molar-refractivity contribution >= 4 is 17.3 Å². The molecule has 4 fully saturated rings. The van der Waals surface area contributed by atoms with Gasteiger partial charge in [-0.25, -0.2) is 9.97 Å². The molecule has 2 aliphatic heterocycles. The molecule has 3 heterocycles. The first kappa shape index (κ1) is 21.0. The SMILES string of the molecule is CC1(C)CC2CC(C)(CN2c2ncnc(N3CC4(C)CC3CC(C)(C)C4)c2[N+](=O)[O-])C1. The highest BCUT2D eigenvalue weighted by Gasteiger charge is 2.54. The van der Waals surface area contributed by atoms with E-state index in [1.807, 2.05) is 0 Å². The number of nitro groups is 1. The first-order chi connectivity index (χ1) is 14.3. The highest BCUT2D eigenvalue weighted by Crippen LogP contribution is 2.57. The van der Waals surface area contributed by atoms with Crippen LogP contribution in [-0.4, -0.2) is 40.1 Å². The van der Waals surface area contributed by atoms with Crippen molar-refractivity contribution in [2.24, 2.45) is 21.7 Å². The van der Waals surface area contributed by atoms with Crippen LogP contribution in [0.3, 0.4) is 0 Å². The summed E-state index contributed by atoms with van der Waals surface area (Å²) < 4.78 is 0. The van der Waals surface area contributed by atoms with Gasteiger partial charge in [0.2, 0.25) is 11.6 Å². The van der Waals surface area contributed by atoms with E-state index in [0.29, 0.717) is 23.7 Å². The minimum Gasteiger partial charge on any atom is -0.347 e. The van der Waals surface area contributed by atoms with Gasteiger partial charge in [-0.15, -0.1) is 0 Å². The van der Waals surface area contributed by atoms with Gasteiger partial charge in [0.05, 0.1) is 4.92 Å². The third-order valence-corrected chi connectivity index (χ3v) is 8.34. The average Bonchev–Trinajstić information content (AvgIpc) is 3.00. The van der Waals surface area contributed by atoms with Crippen molar-refractivity contribution in [3.05, 3.63) is 16.4 Å². The minimum absolute atomic E-state index is 0.116. The second-order valence-electron chi connectivity index (χ2n) is 13.3. The molecule has 0 N–H and O–H groups in total. The summed E-state index contributed by atoms with van der Waals surface area (Å²) in [7, 11) is 0. The molecule has 0 spiro atoms. The summed E-state index contributed by atoms with van der Waals surface area (Å²) in [6, 6.07) is 0.619. The number of hydrogen-bond acceptors (Lipinski definition) is 6. The van der Waals surface area contributed by atoms with Crippen LogP contribution in [0.25, 0.3) is 0 Å². The van der Waals surface area contributed by atoms with Gasteiger partial charge in [-0.05, 0) is 60.2 Å². The van der Waals surface area contributed by atoms with Gasteiger partial charge in [0, 0.05) is 25.2 Å². The highest BCUT2D eigenvalue weighted by atomic mass is 16.6. The van der Waals surface area contributed by atoms with Crippen LogP contribution < -0.4 is 9.80 Å². The number of nitrogens with zero attached hydrogens (tertiary/aromatic N) is 5. The van der Waals surface area contributed by atoms with Crippen LogP contribution >= 0.6 is 0 Å². The summed E-state index contributed by atoms with van der Waals surface area (Å²) in [5, 5.41) is 12.4. The summed E-state index contributed by atoms with van der Waals surface area (Å²) >= 11 is 0. The molecule has 4 bridgehead atoms. The Labute approximate surface area is 185 Å². The quantitative estimate of drug-likeness (QED) is 0.488. The summed E-state index contributed by atoms with van der Waals surface area (Å²) in [6.07, 6.45) is 8.15. The molecule has 4 aliphatic rings. The monoisotopic (exact) mass is 427 g/mol. The van der Waals surface area contributed by atoms with E-state index in [1.54, 1.807) is 6.33 Å². The third-order valence-electron chi connectivity index (χ3n) is 8.34. The van der Waals surface area contributed by atoms with E-state index in [0.717, 1.165) is 51.6 Å². The van der Waals surface area contributed by atoms with Gasteiger partial charge in [0.15, 0.2) is 0 Å². The van der Waals surface area contributed by atoms with Crippen molar-refractivity contribution in [2.45, 2.75) is 92.2 Å². The molecule has 1 aromatic rings. The molecule has 31 heavy (non-hydrogen) atoms. The zero-order valence-electron chi connectivity index (χ0n) is 19.9. The molecule has 2 saturated heterocycles. The average molecular weight is 428 g/mol. The second-order valence-corrected chi connectivity index (χ2v) is 13.3. The molecule has 170 valence electrons. The smallest absolute Gasteiger partial charge is 0.347 e. The maximum atomic E-state index is 12.4. The molecular formula is C24H37N5O2. The number of fused-ring (bicyclic) bond motifs is 4. The molecule has 0 radical (unpaired) electrons. The predicted octanol–water partition coefficient (Wildman–Crippen LogP) is 5.19. The van der Waals surface area contributed by atoms with Gasteiger partial charge in [-0.2, -0.15) is 0 Å². The topological polar surface area (TPSA) is 75.4 Å². The molecule has 4 atom stereocenters. The second kappa shape index (κ2) is 6.32. The first-order valence-corrected chi connectivity index (χ1v) is 11.8. The zero-order chi connectivity index (χ0) is 22.4. The van der Waals surface area contributed by atoms with Gasteiger partial charge < -0.3 is 9.80 Å². The number of rotatable bonds is 3. The van der Waals surface area contributed by atoms with Crippen LogP contribution in [0.2, 0.25) is 0 Å². The Morgan fingerprint density at radius 3 is 1.65 bits per heavy atom. The van der Waals surface area contributed by atoms with Gasteiger partial charge in [-0.1, -0.05) is 41.5 Å². The van der Waals surface area contributed by atoms with E-state index in [-0.39, 0.29) is 32.3 Å². The van der Waals surface area contributed by atoms with Crippen molar-refractivity contribution in [2.75, 3.05) is 22.9 Å². The fraction of sp³-hybridized carbons (Fsp3) is 0.833. The van der Waals surface area contributed by atoms with E-state index in [2.05, 4.69) is 61.3 Å². The Kier molecular flexibility index (Phi) is 4.27. The highest BCUT2D eigenvalue weighted by molar-refractivity contribution is 5.73. The van der Waals surface area contributed by atoms with Crippen molar-refractivity contribution in [1.82, 2.24) is 9.97 Å². The van der Waals surface area contributed by atoms with Gasteiger partial charge in [-0.3, -0.25) is 10.1 Å². The van der Waals surface area contributed by atoms with Crippen molar-refractivity contribution in [3.8, 4) is 0 Å². The molecule has 2 aliphatic carbocycles. The Balaban J connectivity index is 1.55. The summed E-state index contributed by atoms with van der Waals surface area (Å²) in [6.45, 7) is 15.7. The molecule has 4 unspecified atom stereocenters. The van der Waals surface area contributed by atoms with Crippen LogP contribution in [0.1, 0.15) is 80.1 Å². The van der Waals surface area contributed by atoms with Crippen LogP contribution in [0.5, 0.6) is 0 Å². The fourth-order valence-electron chi connectivity index (χ4n) is 8.36. The first-order valence-electron chi connectivity index (χ1n) is 11.8. The number of aromatic nitrogens is 2. The van der Waals surface area contributed by atoms with Crippen LogP contribution in [0.15, 0.2) is 6.33 Å². The Hall–Kier alpha value is -1.92. The summed E-state index contributed by atoms with van der Waals surface area (Å²) in [4.78, 5) is 25.7. The maximum Gasteiger partial charge on any atom is 0.353 e. The number of anilines is 2. The zero-order valence-corrected chi connectivity index (χ0v) is 19.9. The largest absolute Gasteiger partial charge is 0.353 e. The van der Waals surface area contributed by atoms with Crippen LogP contribution in [0, 0.1) is 31.8 Å². The molecule has 5 rings (SSSR count). The lowest BCUT2D eigenvalue weighted by Gasteiger charge is -2.39. The lowest BCUT2D eigenvalue weighted by Crippen LogP contribution is -2.36. The lowest BCUT2D eigenvalue weighted by molar-refractivity contribution is -0.383.